The van der Waals surface area contributed by atoms with Gasteiger partial charge in [0.1, 0.15) is 11.4 Å². The van der Waals surface area contributed by atoms with Crippen molar-refractivity contribution < 1.29 is 14.3 Å². The first-order valence-corrected chi connectivity index (χ1v) is 5.59. The van der Waals surface area contributed by atoms with Crippen LogP contribution in [0.3, 0.4) is 0 Å². The van der Waals surface area contributed by atoms with Gasteiger partial charge in [0.05, 0.1) is 19.0 Å². The standard InChI is InChI=1S/C12H9ClFNO3.BH3/c1-2-15-5-7(12(17)18)11(16)6-3-9(14)8(13)4-10(6)15;/h3-5H,2H2,1H3,(H,17,18);1H3. The Hall–Kier alpha value is -1.82. The number of aromatic nitrogens is 1. The fourth-order valence-corrected chi connectivity index (χ4v) is 1.96. The summed E-state index contributed by atoms with van der Waals surface area (Å²) in [4.78, 5) is 22.8. The van der Waals surface area contributed by atoms with E-state index < -0.39 is 17.2 Å². The molecule has 0 aliphatic carbocycles. The number of fused-ring (bicyclic) bond motifs is 1. The number of aromatic carboxylic acids is 1. The largest absolute Gasteiger partial charge is 0.477 e. The molecular formula is C12H12BClFNO3. The number of aryl methyl sites for hydroxylation is 1. The Morgan fingerprint density at radius 3 is 2.63 bits per heavy atom. The summed E-state index contributed by atoms with van der Waals surface area (Å²) in [7, 11) is 0. The van der Waals surface area contributed by atoms with Crippen molar-refractivity contribution in [3.8, 4) is 0 Å². The molecule has 0 saturated heterocycles. The highest BCUT2D eigenvalue weighted by Gasteiger charge is 2.15. The second-order valence-corrected chi connectivity index (χ2v) is 4.15. The summed E-state index contributed by atoms with van der Waals surface area (Å²) in [5.74, 6) is -2.08. The Morgan fingerprint density at radius 1 is 1.47 bits per heavy atom. The Morgan fingerprint density at radius 2 is 2.11 bits per heavy atom. The van der Waals surface area contributed by atoms with Crippen LogP contribution in [-0.2, 0) is 6.54 Å². The fourth-order valence-electron chi connectivity index (χ4n) is 1.80. The smallest absolute Gasteiger partial charge is 0.341 e. The van der Waals surface area contributed by atoms with Gasteiger partial charge in [0.25, 0.3) is 0 Å². The zero-order chi connectivity index (χ0) is 13.4. The molecule has 0 spiro atoms. The molecule has 19 heavy (non-hydrogen) atoms. The highest BCUT2D eigenvalue weighted by molar-refractivity contribution is 6.31. The molecule has 1 aromatic carbocycles. The predicted molar refractivity (Wildman–Crippen MR) is 75.7 cm³/mol. The number of carboxylic acid groups (broad SMARTS) is 1. The van der Waals surface area contributed by atoms with Crippen molar-refractivity contribution in [3.63, 3.8) is 0 Å². The van der Waals surface area contributed by atoms with E-state index in [-0.39, 0.29) is 24.4 Å². The van der Waals surface area contributed by atoms with Gasteiger partial charge < -0.3 is 9.67 Å². The lowest BCUT2D eigenvalue weighted by Crippen LogP contribution is -2.18. The normalized spacial score (nSPS) is 10.3. The van der Waals surface area contributed by atoms with Gasteiger partial charge in [0, 0.05) is 18.1 Å². The van der Waals surface area contributed by atoms with Gasteiger partial charge >= 0.3 is 5.97 Å². The number of carbonyl (C=O) groups is 1. The molecule has 0 aliphatic heterocycles. The van der Waals surface area contributed by atoms with Gasteiger partial charge in [0.2, 0.25) is 5.43 Å². The van der Waals surface area contributed by atoms with Crippen molar-refractivity contribution in [2.75, 3.05) is 0 Å². The second-order valence-electron chi connectivity index (χ2n) is 3.75. The van der Waals surface area contributed by atoms with Crippen LogP contribution in [0.2, 0.25) is 5.02 Å². The topological polar surface area (TPSA) is 59.3 Å². The molecule has 0 fully saturated rings. The van der Waals surface area contributed by atoms with Crippen LogP contribution in [0.1, 0.15) is 17.3 Å². The SMILES string of the molecule is B.CCn1cc(C(=O)O)c(=O)c2cc(F)c(Cl)cc21. The lowest BCUT2D eigenvalue weighted by atomic mass is 10.1. The van der Waals surface area contributed by atoms with Gasteiger partial charge in [-0.1, -0.05) is 11.6 Å². The monoisotopic (exact) mass is 283 g/mol. The van der Waals surface area contributed by atoms with Crippen LogP contribution in [0.15, 0.2) is 23.1 Å². The molecule has 0 amide bonds. The molecule has 0 saturated carbocycles. The second kappa shape index (κ2) is 5.44. The van der Waals surface area contributed by atoms with E-state index in [4.69, 9.17) is 16.7 Å². The molecule has 0 atom stereocenters. The maximum Gasteiger partial charge on any atom is 0.341 e. The van der Waals surface area contributed by atoms with E-state index >= 15 is 0 Å². The van der Waals surface area contributed by atoms with Crippen molar-refractivity contribution >= 4 is 36.9 Å². The number of pyridine rings is 1. The van der Waals surface area contributed by atoms with E-state index in [9.17, 15) is 14.0 Å². The van der Waals surface area contributed by atoms with Crippen LogP contribution in [-0.4, -0.2) is 24.1 Å². The van der Waals surface area contributed by atoms with Crippen molar-refractivity contribution in [3.05, 3.63) is 45.0 Å². The summed E-state index contributed by atoms with van der Waals surface area (Å²) in [6.07, 6.45) is 1.24. The van der Waals surface area contributed by atoms with Gasteiger partial charge in [-0.15, -0.1) is 0 Å². The maximum atomic E-state index is 13.4. The van der Waals surface area contributed by atoms with E-state index in [1.165, 1.54) is 12.3 Å². The Balaban J connectivity index is 0.00000180. The zero-order valence-corrected chi connectivity index (χ0v) is 10.2. The molecule has 4 nitrogen and oxygen atoms in total. The third-order valence-electron chi connectivity index (χ3n) is 2.69. The van der Waals surface area contributed by atoms with Gasteiger partial charge in [-0.25, -0.2) is 9.18 Å². The van der Waals surface area contributed by atoms with Crippen LogP contribution in [0.4, 0.5) is 4.39 Å². The summed E-state index contributed by atoms with van der Waals surface area (Å²) in [5.41, 5.74) is -0.678. The van der Waals surface area contributed by atoms with Crippen molar-refractivity contribution in [1.82, 2.24) is 4.57 Å². The summed E-state index contributed by atoms with van der Waals surface area (Å²) < 4.78 is 14.9. The molecular weight excluding hydrogens is 271 g/mol. The third-order valence-corrected chi connectivity index (χ3v) is 2.98. The minimum absolute atomic E-state index is 0. The number of benzene rings is 1. The average Bonchev–Trinajstić information content (AvgIpc) is 2.32. The minimum atomic E-state index is -1.33. The van der Waals surface area contributed by atoms with Gasteiger partial charge in [-0.2, -0.15) is 0 Å². The Kier molecular flexibility index (Phi) is 4.37. The van der Waals surface area contributed by atoms with Crippen LogP contribution in [0.25, 0.3) is 10.9 Å². The third kappa shape index (κ3) is 2.49. The first kappa shape index (κ1) is 15.2. The maximum absolute atomic E-state index is 13.4. The molecule has 2 aromatic rings. The van der Waals surface area contributed by atoms with Crippen LogP contribution in [0.5, 0.6) is 0 Å². The molecule has 7 heteroatoms. The van der Waals surface area contributed by atoms with Crippen molar-refractivity contribution in [1.29, 1.82) is 0 Å². The van der Waals surface area contributed by atoms with E-state index in [0.717, 1.165) is 6.07 Å². The number of carboxylic acids is 1. The number of halogens is 2. The molecule has 0 bridgehead atoms. The highest BCUT2D eigenvalue weighted by Crippen LogP contribution is 2.21. The molecule has 1 N–H and O–H groups in total. The summed E-state index contributed by atoms with van der Waals surface area (Å²) in [6.45, 7) is 2.23. The fraction of sp³-hybridized carbons (Fsp3) is 0.167. The lowest BCUT2D eigenvalue weighted by molar-refractivity contribution is 0.0695. The van der Waals surface area contributed by atoms with E-state index in [1.807, 2.05) is 0 Å². The van der Waals surface area contributed by atoms with Crippen LogP contribution in [0, 0.1) is 5.82 Å². The van der Waals surface area contributed by atoms with Crippen LogP contribution >= 0.6 is 11.6 Å². The Labute approximate surface area is 115 Å². The first-order chi connectivity index (χ1) is 8.45. The van der Waals surface area contributed by atoms with Crippen molar-refractivity contribution in [2.45, 2.75) is 13.5 Å². The van der Waals surface area contributed by atoms with Crippen LogP contribution < -0.4 is 5.43 Å². The lowest BCUT2D eigenvalue weighted by Gasteiger charge is -2.10. The summed E-state index contributed by atoms with van der Waals surface area (Å²) in [6, 6.07) is 2.29. The van der Waals surface area contributed by atoms with E-state index in [2.05, 4.69) is 0 Å². The quantitative estimate of drug-likeness (QED) is 0.846. The first-order valence-electron chi connectivity index (χ1n) is 5.21. The van der Waals surface area contributed by atoms with Gasteiger partial charge in [-0.05, 0) is 19.1 Å². The minimum Gasteiger partial charge on any atom is -0.477 e. The van der Waals surface area contributed by atoms with Gasteiger partial charge in [-0.3, -0.25) is 4.79 Å². The van der Waals surface area contributed by atoms with E-state index in [0.29, 0.717) is 12.1 Å². The molecule has 1 heterocycles. The Bertz CT molecular complexity index is 714. The molecule has 0 unspecified atom stereocenters. The highest BCUT2D eigenvalue weighted by atomic mass is 35.5. The van der Waals surface area contributed by atoms with E-state index in [1.54, 1.807) is 11.5 Å². The summed E-state index contributed by atoms with van der Waals surface area (Å²) >= 11 is 5.66. The average molecular weight is 283 g/mol. The molecule has 0 aliphatic rings. The number of rotatable bonds is 2. The summed E-state index contributed by atoms with van der Waals surface area (Å²) in [5, 5.41) is 8.84. The molecule has 2 rings (SSSR count). The van der Waals surface area contributed by atoms with Gasteiger partial charge in [0.15, 0.2) is 0 Å². The number of nitrogens with zero attached hydrogens (tertiary/aromatic N) is 1. The van der Waals surface area contributed by atoms with Crippen molar-refractivity contribution in [2.24, 2.45) is 0 Å². The zero-order valence-electron chi connectivity index (χ0n) is 9.41. The number of hydrogen-bond donors (Lipinski definition) is 1. The molecule has 0 radical (unpaired) electrons. The number of hydrogen-bond acceptors (Lipinski definition) is 2. The molecule has 1 aromatic heterocycles. The molecule has 100 valence electrons. The predicted octanol–water partition coefficient (Wildman–Crippen LogP) is 1.33.